The molecule has 1 rings (SSSR count). The Morgan fingerprint density at radius 2 is 1.75 bits per heavy atom. The maximum atomic E-state index is 11.7. The van der Waals surface area contributed by atoms with Crippen LogP contribution in [0.1, 0.15) is 6.42 Å². The fourth-order valence-electron chi connectivity index (χ4n) is 1.47. The third-order valence-corrected chi connectivity index (χ3v) is 3.11. The Hall–Kier alpha value is -1.30. The summed E-state index contributed by atoms with van der Waals surface area (Å²) >= 11 is 11.8. The van der Waals surface area contributed by atoms with Gasteiger partial charge in [-0.1, -0.05) is 29.3 Å². The molecule has 1 aromatic rings. The lowest BCUT2D eigenvalue weighted by Gasteiger charge is -2.11. The van der Waals surface area contributed by atoms with E-state index in [9.17, 15) is 9.59 Å². The summed E-state index contributed by atoms with van der Waals surface area (Å²) in [6.07, 6.45) is 0.763. The van der Waals surface area contributed by atoms with Gasteiger partial charge in [-0.15, -0.1) is 0 Å². The van der Waals surface area contributed by atoms with Gasteiger partial charge in [0.2, 0.25) is 0 Å². The number of carbonyl (C=O) groups is 2. The average Bonchev–Trinajstić information content (AvgIpc) is 2.38. The first-order valence-corrected chi connectivity index (χ1v) is 6.85. The van der Waals surface area contributed by atoms with E-state index in [4.69, 9.17) is 23.2 Å². The van der Waals surface area contributed by atoms with Crippen molar-refractivity contribution in [3.8, 4) is 0 Å². The number of amides is 2. The van der Waals surface area contributed by atoms with E-state index in [1.807, 2.05) is 19.0 Å². The molecule has 0 saturated carbocycles. The van der Waals surface area contributed by atoms with Gasteiger partial charge in [0.05, 0.1) is 15.7 Å². The van der Waals surface area contributed by atoms with E-state index in [0.29, 0.717) is 6.54 Å². The standard InChI is InChI=1S/C13H17Cl2N3O2/c1-18(2)8-4-7-16-12(19)13(20)17-11-9(14)5-3-6-10(11)15/h3,5-6H,4,7-8H2,1-2H3,(H,16,19)(H,17,20). The molecule has 110 valence electrons. The molecule has 0 fully saturated rings. The lowest BCUT2D eigenvalue weighted by molar-refractivity contribution is -0.136. The molecule has 2 amide bonds. The molecule has 1 aromatic carbocycles. The second-order valence-corrected chi connectivity index (χ2v) is 5.28. The molecule has 0 spiro atoms. The van der Waals surface area contributed by atoms with Crippen LogP contribution in [0.2, 0.25) is 10.0 Å². The van der Waals surface area contributed by atoms with Crippen molar-refractivity contribution in [3.05, 3.63) is 28.2 Å². The van der Waals surface area contributed by atoms with Crippen LogP contribution in [0, 0.1) is 0 Å². The molecule has 0 unspecified atom stereocenters. The zero-order valence-corrected chi connectivity index (χ0v) is 12.9. The zero-order valence-electron chi connectivity index (χ0n) is 11.4. The summed E-state index contributed by atoms with van der Waals surface area (Å²) in [7, 11) is 3.88. The Kier molecular flexibility index (Phi) is 6.78. The number of nitrogens with zero attached hydrogens (tertiary/aromatic N) is 1. The Labute approximate surface area is 128 Å². The van der Waals surface area contributed by atoms with Crippen molar-refractivity contribution in [2.75, 3.05) is 32.5 Å². The van der Waals surface area contributed by atoms with Gasteiger partial charge in [0, 0.05) is 6.54 Å². The molecule has 0 aliphatic heterocycles. The van der Waals surface area contributed by atoms with Crippen molar-refractivity contribution in [1.82, 2.24) is 10.2 Å². The average molecular weight is 318 g/mol. The molecule has 0 saturated heterocycles. The summed E-state index contributed by atoms with van der Waals surface area (Å²) in [5, 5.41) is 5.50. The highest BCUT2D eigenvalue weighted by atomic mass is 35.5. The minimum Gasteiger partial charge on any atom is -0.348 e. The van der Waals surface area contributed by atoms with Crippen LogP contribution >= 0.6 is 23.2 Å². The minimum absolute atomic E-state index is 0.240. The quantitative estimate of drug-likeness (QED) is 0.645. The molecule has 0 heterocycles. The van der Waals surface area contributed by atoms with Crippen molar-refractivity contribution in [1.29, 1.82) is 0 Å². The summed E-state index contributed by atoms with van der Waals surface area (Å²) in [6.45, 7) is 1.26. The van der Waals surface area contributed by atoms with Crippen LogP contribution in [0.3, 0.4) is 0 Å². The number of hydrogen-bond acceptors (Lipinski definition) is 3. The first kappa shape index (κ1) is 16.8. The van der Waals surface area contributed by atoms with Crippen LogP contribution in [0.5, 0.6) is 0 Å². The lowest BCUT2D eigenvalue weighted by Crippen LogP contribution is -2.36. The van der Waals surface area contributed by atoms with Crippen LogP contribution < -0.4 is 10.6 Å². The van der Waals surface area contributed by atoms with E-state index in [1.165, 1.54) is 0 Å². The van der Waals surface area contributed by atoms with Gasteiger partial charge in [-0.2, -0.15) is 0 Å². The summed E-state index contributed by atoms with van der Waals surface area (Å²) in [5.74, 6) is -1.50. The third kappa shape index (κ3) is 5.36. The van der Waals surface area contributed by atoms with Gasteiger partial charge in [-0.3, -0.25) is 9.59 Å². The minimum atomic E-state index is -0.787. The van der Waals surface area contributed by atoms with Gasteiger partial charge in [0.15, 0.2) is 0 Å². The number of halogens is 2. The first-order valence-electron chi connectivity index (χ1n) is 6.09. The number of nitrogens with one attached hydrogen (secondary N) is 2. The summed E-state index contributed by atoms with van der Waals surface area (Å²) in [4.78, 5) is 25.3. The Morgan fingerprint density at radius 3 is 2.30 bits per heavy atom. The number of para-hydroxylation sites is 1. The van der Waals surface area contributed by atoms with E-state index < -0.39 is 11.8 Å². The number of anilines is 1. The highest BCUT2D eigenvalue weighted by molar-refractivity contribution is 6.44. The predicted molar refractivity (Wildman–Crippen MR) is 81.3 cm³/mol. The molecule has 0 aliphatic carbocycles. The SMILES string of the molecule is CN(C)CCCNC(=O)C(=O)Nc1c(Cl)cccc1Cl. The van der Waals surface area contributed by atoms with Crippen molar-refractivity contribution in [3.63, 3.8) is 0 Å². The Bertz CT molecular complexity index is 472. The lowest BCUT2D eigenvalue weighted by atomic mass is 10.3. The normalized spacial score (nSPS) is 10.4. The number of benzene rings is 1. The van der Waals surface area contributed by atoms with Crippen LogP contribution in [-0.4, -0.2) is 43.9 Å². The van der Waals surface area contributed by atoms with Gasteiger partial charge >= 0.3 is 11.8 Å². The van der Waals surface area contributed by atoms with E-state index in [1.54, 1.807) is 18.2 Å². The molecule has 0 atom stereocenters. The maximum absolute atomic E-state index is 11.7. The number of rotatable bonds is 5. The molecule has 20 heavy (non-hydrogen) atoms. The summed E-state index contributed by atoms with van der Waals surface area (Å²) < 4.78 is 0. The molecule has 0 bridgehead atoms. The fraction of sp³-hybridized carbons (Fsp3) is 0.385. The molecule has 0 aromatic heterocycles. The van der Waals surface area contributed by atoms with E-state index in [-0.39, 0.29) is 15.7 Å². The molecular weight excluding hydrogens is 301 g/mol. The Morgan fingerprint density at radius 1 is 1.15 bits per heavy atom. The summed E-state index contributed by atoms with van der Waals surface area (Å²) in [6, 6.07) is 4.82. The highest BCUT2D eigenvalue weighted by Crippen LogP contribution is 2.29. The molecule has 5 nitrogen and oxygen atoms in total. The van der Waals surface area contributed by atoms with E-state index in [0.717, 1.165) is 13.0 Å². The molecule has 0 aliphatic rings. The first-order chi connectivity index (χ1) is 9.41. The molecular formula is C13H17Cl2N3O2. The van der Waals surface area contributed by atoms with Gasteiger partial charge in [-0.25, -0.2) is 0 Å². The number of carbonyl (C=O) groups excluding carboxylic acids is 2. The molecule has 0 radical (unpaired) electrons. The Balaban J connectivity index is 2.48. The second-order valence-electron chi connectivity index (χ2n) is 4.46. The van der Waals surface area contributed by atoms with E-state index >= 15 is 0 Å². The van der Waals surface area contributed by atoms with Gasteiger partial charge in [0.25, 0.3) is 0 Å². The van der Waals surface area contributed by atoms with Crippen LogP contribution in [0.25, 0.3) is 0 Å². The van der Waals surface area contributed by atoms with E-state index in [2.05, 4.69) is 10.6 Å². The van der Waals surface area contributed by atoms with Crippen molar-refractivity contribution in [2.24, 2.45) is 0 Å². The van der Waals surface area contributed by atoms with Crippen molar-refractivity contribution in [2.45, 2.75) is 6.42 Å². The topological polar surface area (TPSA) is 61.4 Å². The van der Waals surface area contributed by atoms with Crippen LogP contribution in [0.15, 0.2) is 18.2 Å². The predicted octanol–water partition coefficient (Wildman–Crippen LogP) is 2.00. The summed E-state index contributed by atoms with van der Waals surface area (Å²) in [5.41, 5.74) is 0.240. The van der Waals surface area contributed by atoms with Crippen molar-refractivity contribution >= 4 is 40.7 Å². The van der Waals surface area contributed by atoms with Gasteiger partial charge in [0.1, 0.15) is 0 Å². The largest absolute Gasteiger partial charge is 0.348 e. The molecule has 2 N–H and O–H groups in total. The monoisotopic (exact) mass is 317 g/mol. The maximum Gasteiger partial charge on any atom is 0.313 e. The smallest absolute Gasteiger partial charge is 0.313 e. The zero-order chi connectivity index (χ0) is 15.1. The van der Waals surface area contributed by atoms with Gasteiger partial charge < -0.3 is 15.5 Å². The van der Waals surface area contributed by atoms with Gasteiger partial charge in [-0.05, 0) is 39.2 Å². The van der Waals surface area contributed by atoms with Crippen LogP contribution in [-0.2, 0) is 9.59 Å². The molecule has 7 heteroatoms. The third-order valence-electron chi connectivity index (χ3n) is 2.48. The number of hydrogen-bond donors (Lipinski definition) is 2. The fourth-order valence-corrected chi connectivity index (χ4v) is 1.96. The van der Waals surface area contributed by atoms with Crippen LogP contribution in [0.4, 0.5) is 5.69 Å². The van der Waals surface area contributed by atoms with Crippen molar-refractivity contribution < 1.29 is 9.59 Å². The highest BCUT2D eigenvalue weighted by Gasteiger charge is 2.16. The second kappa shape index (κ2) is 8.09.